The molecule has 0 aliphatic heterocycles. The van der Waals surface area contributed by atoms with Gasteiger partial charge in [0, 0.05) is 46.2 Å². The van der Waals surface area contributed by atoms with Crippen molar-refractivity contribution in [2.24, 2.45) is 0 Å². The quantitative estimate of drug-likeness (QED) is 0.0507. The average Bonchev–Trinajstić information content (AvgIpc) is 3.14. The number of esters is 2. The van der Waals surface area contributed by atoms with E-state index < -0.39 is 21.8 Å². The van der Waals surface area contributed by atoms with Crippen molar-refractivity contribution < 1.29 is 28.9 Å². The van der Waals surface area contributed by atoms with E-state index in [-0.39, 0.29) is 34.0 Å². The fraction of sp³-hybridized carbons (Fsp3) is 0. The van der Waals surface area contributed by atoms with E-state index >= 15 is 0 Å². The number of fused-ring (bicyclic) bond motifs is 2. The minimum absolute atomic E-state index is 0.0918. The highest BCUT2D eigenvalue weighted by Gasteiger charge is 2.22. The summed E-state index contributed by atoms with van der Waals surface area (Å²) in [5.74, 6) is -1.33. The number of benzene rings is 5. The molecule has 7 rings (SSSR count). The molecule has 0 saturated heterocycles. The second kappa shape index (κ2) is 13.0. The van der Waals surface area contributed by atoms with Crippen molar-refractivity contribution in [3.8, 4) is 34.0 Å². The van der Waals surface area contributed by atoms with Crippen LogP contribution in [-0.4, -0.2) is 31.8 Å². The summed E-state index contributed by atoms with van der Waals surface area (Å²) in [6.45, 7) is 0. The normalized spacial score (nSPS) is 10.9. The van der Waals surface area contributed by atoms with Gasteiger partial charge in [0.2, 0.25) is 0 Å². The maximum absolute atomic E-state index is 13.8. The van der Waals surface area contributed by atoms with Crippen LogP contribution in [0, 0.1) is 20.2 Å². The lowest BCUT2D eigenvalue weighted by atomic mass is 9.99. The molecule has 2 aromatic heterocycles. The third-order valence-corrected chi connectivity index (χ3v) is 7.83. The van der Waals surface area contributed by atoms with Gasteiger partial charge in [-0.3, -0.25) is 20.2 Å². The van der Waals surface area contributed by atoms with Crippen LogP contribution in [-0.2, 0) is 0 Å². The van der Waals surface area contributed by atoms with Crippen molar-refractivity contribution in [1.82, 2.24) is 9.97 Å². The summed E-state index contributed by atoms with van der Waals surface area (Å²) in [6, 6.07) is 35.1. The average molecular weight is 663 g/mol. The first-order valence-electron chi connectivity index (χ1n) is 15.1. The van der Waals surface area contributed by atoms with E-state index in [0.29, 0.717) is 33.2 Å². The predicted molar refractivity (Wildman–Crippen MR) is 184 cm³/mol. The number of hydrogen-bond acceptors (Lipinski definition) is 10. The van der Waals surface area contributed by atoms with Crippen LogP contribution in [0.3, 0.4) is 0 Å². The largest absolute Gasteiger partial charge is 0.423 e. The Hall–Kier alpha value is -7.34. The molecule has 0 unspecified atom stereocenters. The van der Waals surface area contributed by atoms with Crippen molar-refractivity contribution in [1.29, 1.82) is 0 Å². The van der Waals surface area contributed by atoms with Crippen molar-refractivity contribution in [2.75, 3.05) is 0 Å². The first-order valence-corrected chi connectivity index (χ1v) is 15.1. The number of aromatic nitrogens is 2. The number of carbonyl (C=O) groups is 2. The molecule has 0 fully saturated rings. The van der Waals surface area contributed by atoms with Crippen molar-refractivity contribution in [3.05, 3.63) is 165 Å². The van der Waals surface area contributed by atoms with E-state index in [9.17, 15) is 29.8 Å². The van der Waals surface area contributed by atoms with Crippen LogP contribution in [0.5, 0.6) is 11.5 Å². The monoisotopic (exact) mass is 662 g/mol. The maximum atomic E-state index is 13.8. The number of non-ortho nitro benzene ring substituents is 2. The Morgan fingerprint density at radius 1 is 0.500 bits per heavy atom. The SMILES string of the molecule is O=C(Oc1ccc([N+](=O)[O-])cc1)c1cc(-c2ccccc2)nc2cc3nc(-c4ccccc4)cc(C(=O)Oc4ccc([N+](=O)[O-])cc4)c3cc12. The molecule has 50 heavy (non-hydrogen) atoms. The molecule has 0 radical (unpaired) electrons. The molecule has 0 amide bonds. The second-order valence-electron chi connectivity index (χ2n) is 11.0. The minimum Gasteiger partial charge on any atom is -0.423 e. The highest BCUT2D eigenvalue weighted by molar-refractivity contribution is 6.13. The molecule has 7 aromatic rings. The molecule has 0 spiro atoms. The molecule has 12 heteroatoms. The summed E-state index contributed by atoms with van der Waals surface area (Å²) >= 11 is 0. The molecular weight excluding hydrogens is 640 g/mol. The standard InChI is InChI=1S/C38H22N4O8/c43-37(49-27-15-11-25(12-16-27)41(45)46)31-20-33(23-7-3-1-4-8-23)39-35-22-36-30(19-29(31)35)32(21-34(40-36)24-9-5-2-6-10-24)38(44)50-28-17-13-26(14-18-28)42(47)48/h1-22H. The Balaban J connectivity index is 1.40. The lowest BCUT2D eigenvalue weighted by molar-refractivity contribution is -0.385. The van der Waals surface area contributed by atoms with Crippen molar-refractivity contribution in [2.45, 2.75) is 0 Å². The summed E-state index contributed by atoms with van der Waals surface area (Å²) in [6.07, 6.45) is 0. The topological polar surface area (TPSA) is 165 Å². The fourth-order valence-electron chi connectivity index (χ4n) is 5.39. The van der Waals surface area contributed by atoms with Crippen LogP contribution in [0.4, 0.5) is 11.4 Å². The van der Waals surface area contributed by atoms with Crippen LogP contribution in [0.15, 0.2) is 133 Å². The highest BCUT2D eigenvalue weighted by atomic mass is 16.6. The third-order valence-electron chi connectivity index (χ3n) is 7.83. The predicted octanol–water partition coefficient (Wildman–Crippen LogP) is 8.37. The van der Waals surface area contributed by atoms with Gasteiger partial charge in [0.25, 0.3) is 11.4 Å². The second-order valence-corrected chi connectivity index (χ2v) is 11.0. The summed E-state index contributed by atoms with van der Waals surface area (Å²) in [5, 5.41) is 23.0. The van der Waals surface area contributed by atoms with Gasteiger partial charge in [-0.05, 0) is 48.5 Å². The zero-order valence-electron chi connectivity index (χ0n) is 25.8. The molecule has 0 atom stereocenters. The number of pyridine rings is 2. The van der Waals surface area contributed by atoms with Gasteiger partial charge in [-0.1, -0.05) is 60.7 Å². The first kappa shape index (κ1) is 31.3. The number of rotatable bonds is 8. The number of nitro groups is 2. The molecule has 0 aliphatic carbocycles. The fourth-order valence-corrected chi connectivity index (χ4v) is 5.39. The maximum Gasteiger partial charge on any atom is 0.344 e. The Kier molecular flexibility index (Phi) is 8.16. The highest BCUT2D eigenvalue weighted by Crippen LogP contribution is 2.33. The van der Waals surface area contributed by atoms with E-state index in [1.807, 2.05) is 60.7 Å². The van der Waals surface area contributed by atoms with Crippen LogP contribution in [0.1, 0.15) is 20.7 Å². The number of ether oxygens (including phenoxy) is 2. The number of hydrogen-bond donors (Lipinski definition) is 0. The van der Waals surface area contributed by atoms with E-state index in [0.717, 1.165) is 11.1 Å². The van der Waals surface area contributed by atoms with Crippen molar-refractivity contribution in [3.63, 3.8) is 0 Å². The summed E-state index contributed by atoms with van der Waals surface area (Å²) < 4.78 is 11.3. The number of nitrogens with zero attached hydrogens (tertiary/aromatic N) is 4. The smallest absolute Gasteiger partial charge is 0.344 e. The lowest BCUT2D eigenvalue weighted by Crippen LogP contribution is -2.12. The Labute approximate surface area is 282 Å². The number of nitro benzene ring substituents is 2. The van der Waals surface area contributed by atoms with Gasteiger partial charge >= 0.3 is 11.9 Å². The lowest BCUT2D eigenvalue weighted by Gasteiger charge is -2.14. The van der Waals surface area contributed by atoms with Gasteiger partial charge in [0.1, 0.15) is 11.5 Å². The molecule has 5 aromatic carbocycles. The minimum atomic E-state index is -0.758. The van der Waals surface area contributed by atoms with E-state index in [1.165, 1.54) is 48.5 Å². The molecule has 242 valence electrons. The molecule has 0 aliphatic rings. The Morgan fingerprint density at radius 2 is 0.880 bits per heavy atom. The zero-order valence-corrected chi connectivity index (χ0v) is 25.8. The van der Waals surface area contributed by atoms with Crippen LogP contribution >= 0.6 is 0 Å². The molecule has 12 nitrogen and oxygen atoms in total. The first-order chi connectivity index (χ1) is 24.2. The molecular formula is C38H22N4O8. The third kappa shape index (κ3) is 6.31. The van der Waals surface area contributed by atoms with Crippen molar-refractivity contribution >= 4 is 45.1 Å². The van der Waals surface area contributed by atoms with E-state index in [1.54, 1.807) is 24.3 Å². The van der Waals surface area contributed by atoms with Gasteiger partial charge < -0.3 is 9.47 Å². The summed E-state index contributed by atoms with van der Waals surface area (Å²) in [7, 11) is 0. The van der Waals surface area contributed by atoms with Crippen LogP contribution in [0.2, 0.25) is 0 Å². The van der Waals surface area contributed by atoms with Crippen LogP contribution < -0.4 is 9.47 Å². The molecule has 0 bridgehead atoms. The van der Waals surface area contributed by atoms with Gasteiger partial charge in [0.05, 0.1) is 43.4 Å². The summed E-state index contributed by atoms with van der Waals surface area (Å²) in [5.41, 5.74) is 3.13. The Morgan fingerprint density at radius 3 is 1.24 bits per heavy atom. The molecule has 2 heterocycles. The van der Waals surface area contributed by atoms with Crippen LogP contribution in [0.25, 0.3) is 44.3 Å². The van der Waals surface area contributed by atoms with Gasteiger partial charge in [-0.25, -0.2) is 19.6 Å². The Bertz CT molecular complexity index is 2280. The van der Waals surface area contributed by atoms with Gasteiger partial charge in [-0.2, -0.15) is 0 Å². The molecule has 0 N–H and O–H groups in total. The van der Waals surface area contributed by atoms with Gasteiger partial charge in [-0.15, -0.1) is 0 Å². The van der Waals surface area contributed by atoms with Gasteiger partial charge in [0.15, 0.2) is 0 Å². The summed E-state index contributed by atoms with van der Waals surface area (Å²) in [4.78, 5) is 58.4. The molecule has 0 saturated carbocycles. The zero-order chi connectivity index (χ0) is 34.8. The van der Waals surface area contributed by atoms with E-state index in [4.69, 9.17) is 19.4 Å². The van der Waals surface area contributed by atoms with E-state index in [2.05, 4.69) is 0 Å². The number of carbonyl (C=O) groups excluding carboxylic acids is 2.